The highest BCUT2D eigenvalue weighted by molar-refractivity contribution is 5.80. The van der Waals surface area contributed by atoms with E-state index >= 15 is 0 Å². The second kappa shape index (κ2) is 6.67. The van der Waals surface area contributed by atoms with Gasteiger partial charge in [-0.05, 0) is 38.3 Å². The van der Waals surface area contributed by atoms with E-state index in [1.807, 2.05) is 38.2 Å². The van der Waals surface area contributed by atoms with Crippen molar-refractivity contribution in [1.29, 1.82) is 0 Å². The Kier molecular flexibility index (Phi) is 4.60. The fourth-order valence-corrected chi connectivity index (χ4v) is 3.59. The molecule has 0 spiro atoms. The number of likely N-dealkylation sites (tertiary alicyclic amines) is 1. The first kappa shape index (κ1) is 16.6. The van der Waals surface area contributed by atoms with Crippen LogP contribution in [0, 0.1) is 12.3 Å². The molecule has 2 aliphatic rings. The smallest absolute Gasteiger partial charge is 0.257 e. The Morgan fingerprint density at radius 1 is 1.29 bits per heavy atom. The lowest BCUT2D eigenvalue weighted by Crippen LogP contribution is -2.47. The van der Waals surface area contributed by atoms with Gasteiger partial charge in [0, 0.05) is 31.1 Å². The maximum absolute atomic E-state index is 12.1. The molecule has 0 saturated carbocycles. The van der Waals surface area contributed by atoms with Crippen LogP contribution in [-0.4, -0.2) is 36.9 Å². The highest BCUT2D eigenvalue weighted by Gasteiger charge is 2.44. The topological polar surface area (TPSA) is 58.6 Å². The Morgan fingerprint density at radius 2 is 2.04 bits per heavy atom. The molecule has 5 nitrogen and oxygen atoms in total. The molecule has 1 aromatic carbocycles. The van der Waals surface area contributed by atoms with Gasteiger partial charge < -0.3 is 15.0 Å². The van der Waals surface area contributed by atoms with E-state index in [2.05, 4.69) is 11.4 Å². The number of carbonyl (C=O) groups excluding carboxylic acids is 2. The third-order valence-electron chi connectivity index (χ3n) is 5.07. The molecule has 1 aliphatic carbocycles. The number of carbonyl (C=O) groups is 2. The number of hydrogen-bond acceptors (Lipinski definition) is 3. The predicted octanol–water partition coefficient (Wildman–Crippen LogP) is 2.41. The van der Waals surface area contributed by atoms with Crippen LogP contribution in [0.5, 0.6) is 5.75 Å². The van der Waals surface area contributed by atoms with Crippen molar-refractivity contribution < 1.29 is 14.3 Å². The summed E-state index contributed by atoms with van der Waals surface area (Å²) in [4.78, 5) is 25.8. The highest BCUT2D eigenvalue weighted by atomic mass is 16.5. The van der Waals surface area contributed by atoms with E-state index < -0.39 is 0 Å². The zero-order valence-corrected chi connectivity index (χ0v) is 14.3. The van der Waals surface area contributed by atoms with E-state index in [0.717, 1.165) is 30.5 Å². The number of nitrogens with one attached hydrogen (secondary N) is 1. The summed E-state index contributed by atoms with van der Waals surface area (Å²) in [5.41, 5.74) is 2.13. The first-order valence-electron chi connectivity index (χ1n) is 8.44. The minimum Gasteiger partial charge on any atom is -0.484 e. The lowest BCUT2D eigenvalue weighted by Gasteiger charge is -2.41. The summed E-state index contributed by atoms with van der Waals surface area (Å²) in [6.07, 6.45) is 5.43. The SMILES string of the molecule is Cc1ccc(OCC(=O)NCC23CCC=C2N(C)C(=O)CC3)cc1. The Hall–Kier alpha value is -2.30. The van der Waals surface area contributed by atoms with E-state index in [9.17, 15) is 9.59 Å². The van der Waals surface area contributed by atoms with Gasteiger partial charge in [0.25, 0.3) is 5.91 Å². The molecule has 1 unspecified atom stereocenters. The van der Waals surface area contributed by atoms with E-state index in [1.165, 1.54) is 0 Å². The summed E-state index contributed by atoms with van der Waals surface area (Å²) in [6.45, 7) is 2.58. The van der Waals surface area contributed by atoms with Crippen LogP contribution in [0.15, 0.2) is 36.0 Å². The van der Waals surface area contributed by atoms with Crippen molar-refractivity contribution in [3.8, 4) is 5.75 Å². The van der Waals surface area contributed by atoms with Gasteiger partial charge in [0.1, 0.15) is 5.75 Å². The molecule has 2 amide bonds. The maximum Gasteiger partial charge on any atom is 0.257 e. The van der Waals surface area contributed by atoms with Crippen LogP contribution in [-0.2, 0) is 9.59 Å². The van der Waals surface area contributed by atoms with E-state index in [4.69, 9.17) is 4.74 Å². The van der Waals surface area contributed by atoms with Crippen molar-refractivity contribution in [1.82, 2.24) is 10.2 Å². The lowest BCUT2D eigenvalue weighted by molar-refractivity contribution is -0.132. The summed E-state index contributed by atoms with van der Waals surface area (Å²) < 4.78 is 5.52. The zero-order valence-electron chi connectivity index (χ0n) is 14.3. The molecule has 1 N–H and O–H groups in total. The maximum atomic E-state index is 12.1. The Bertz CT molecular complexity index is 666. The predicted molar refractivity (Wildman–Crippen MR) is 91.4 cm³/mol. The molecule has 24 heavy (non-hydrogen) atoms. The average Bonchev–Trinajstić information content (AvgIpc) is 3.01. The van der Waals surface area contributed by atoms with Crippen LogP contribution < -0.4 is 10.1 Å². The minimum atomic E-state index is -0.129. The van der Waals surface area contributed by atoms with Crippen molar-refractivity contribution in [2.75, 3.05) is 20.2 Å². The van der Waals surface area contributed by atoms with Crippen molar-refractivity contribution >= 4 is 11.8 Å². The van der Waals surface area contributed by atoms with Crippen LogP contribution in [0.1, 0.15) is 31.2 Å². The fourth-order valence-electron chi connectivity index (χ4n) is 3.59. The van der Waals surface area contributed by atoms with E-state index in [1.54, 1.807) is 4.90 Å². The highest BCUT2D eigenvalue weighted by Crippen LogP contribution is 2.46. The second-order valence-corrected chi connectivity index (χ2v) is 6.74. The standard InChI is InChI=1S/C19H24N2O3/c1-14-5-7-15(8-6-14)24-12-17(22)20-13-19-10-3-4-16(19)21(2)18(23)9-11-19/h4-8H,3,9-13H2,1-2H3,(H,20,22). The van der Waals surface area contributed by atoms with Gasteiger partial charge in [0.05, 0.1) is 0 Å². The van der Waals surface area contributed by atoms with Gasteiger partial charge in [-0.1, -0.05) is 23.8 Å². The number of ether oxygens (including phenoxy) is 1. The number of nitrogens with zero attached hydrogens (tertiary/aromatic N) is 1. The number of benzene rings is 1. The Balaban J connectivity index is 1.53. The van der Waals surface area contributed by atoms with E-state index in [-0.39, 0.29) is 23.8 Å². The molecule has 1 fully saturated rings. The summed E-state index contributed by atoms with van der Waals surface area (Å²) in [6, 6.07) is 7.63. The quantitative estimate of drug-likeness (QED) is 0.903. The van der Waals surface area contributed by atoms with Crippen molar-refractivity contribution in [3.05, 3.63) is 41.6 Å². The molecule has 128 valence electrons. The summed E-state index contributed by atoms with van der Waals surface area (Å²) in [7, 11) is 1.83. The molecule has 1 atom stereocenters. The van der Waals surface area contributed by atoms with Gasteiger partial charge in [-0.3, -0.25) is 9.59 Å². The summed E-state index contributed by atoms with van der Waals surface area (Å²) >= 11 is 0. The Morgan fingerprint density at radius 3 is 2.79 bits per heavy atom. The summed E-state index contributed by atoms with van der Waals surface area (Å²) in [5, 5.41) is 2.99. The molecule has 1 saturated heterocycles. The molecular weight excluding hydrogens is 304 g/mol. The minimum absolute atomic E-state index is 0.00690. The zero-order chi connectivity index (χ0) is 17.2. The van der Waals surface area contributed by atoms with Gasteiger partial charge in [-0.2, -0.15) is 0 Å². The van der Waals surface area contributed by atoms with Gasteiger partial charge >= 0.3 is 0 Å². The number of rotatable bonds is 5. The van der Waals surface area contributed by atoms with Gasteiger partial charge in [-0.25, -0.2) is 0 Å². The van der Waals surface area contributed by atoms with E-state index in [0.29, 0.717) is 18.7 Å². The van der Waals surface area contributed by atoms with Crippen LogP contribution in [0.4, 0.5) is 0 Å². The monoisotopic (exact) mass is 328 g/mol. The van der Waals surface area contributed by atoms with Crippen LogP contribution >= 0.6 is 0 Å². The summed E-state index contributed by atoms with van der Waals surface area (Å²) in [5.74, 6) is 0.724. The molecule has 1 heterocycles. The number of aryl methyl sites for hydroxylation is 1. The third-order valence-corrected chi connectivity index (χ3v) is 5.07. The van der Waals surface area contributed by atoms with Crippen molar-refractivity contribution in [3.63, 3.8) is 0 Å². The number of piperidine rings is 1. The first-order chi connectivity index (χ1) is 11.5. The molecule has 1 aliphatic heterocycles. The second-order valence-electron chi connectivity index (χ2n) is 6.74. The van der Waals surface area contributed by atoms with Gasteiger partial charge in [0.15, 0.2) is 6.61 Å². The van der Waals surface area contributed by atoms with Gasteiger partial charge in [0.2, 0.25) is 5.91 Å². The van der Waals surface area contributed by atoms with Crippen LogP contribution in [0.25, 0.3) is 0 Å². The molecule has 3 rings (SSSR count). The third kappa shape index (κ3) is 3.30. The normalized spacial score (nSPS) is 22.8. The lowest BCUT2D eigenvalue weighted by atomic mass is 9.77. The molecule has 1 aromatic rings. The molecule has 0 aromatic heterocycles. The fraction of sp³-hybridized carbons (Fsp3) is 0.474. The van der Waals surface area contributed by atoms with Gasteiger partial charge in [-0.15, -0.1) is 0 Å². The number of allylic oxidation sites excluding steroid dienone is 1. The Labute approximate surface area is 142 Å². The number of amides is 2. The average molecular weight is 328 g/mol. The van der Waals surface area contributed by atoms with Crippen LogP contribution in [0.2, 0.25) is 0 Å². The van der Waals surface area contributed by atoms with Crippen molar-refractivity contribution in [2.24, 2.45) is 5.41 Å². The van der Waals surface area contributed by atoms with Crippen LogP contribution in [0.3, 0.4) is 0 Å². The molecular formula is C19H24N2O3. The van der Waals surface area contributed by atoms with Crippen molar-refractivity contribution in [2.45, 2.75) is 32.6 Å². The largest absolute Gasteiger partial charge is 0.484 e. The molecule has 5 heteroatoms. The number of fused-ring (bicyclic) bond motifs is 1. The first-order valence-corrected chi connectivity index (χ1v) is 8.44. The molecule has 0 bridgehead atoms. The number of hydrogen-bond donors (Lipinski definition) is 1. The molecule has 0 radical (unpaired) electrons.